The summed E-state index contributed by atoms with van der Waals surface area (Å²) in [6, 6.07) is 10.2. The van der Waals surface area contributed by atoms with Crippen LogP contribution in [0.2, 0.25) is 0 Å². The number of hydrogen-bond acceptors (Lipinski definition) is 3. The van der Waals surface area contributed by atoms with Gasteiger partial charge in [0.25, 0.3) is 0 Å². The highest BCUT2D eigenvalue weighted by molar-refractivity contribution is 5.78. The first-order valence-corrected chi connectivity index (χ1v) is 16.7. The maximum atomic E-state index is 14.2. The van der Waals surface area contributed by atoms with Gasteiger partial charge in [-0.3, -0.25) is 4.79 Å². The number of esters is 1. The third-order valence-electron chi connectivity index (χ3n) is 14.9. The van der Waals surface area contributed by atoms with Crippen LogP contribution in [0.3, 0.4) is 0 Å². The zero-order chi connectivity index (χ0) is 28.7. The number of fused-ring (bicyclic) bond motifs is 7. The molecule has 5 aliphatic rings. The van der Waals surface area contributed by atoms with Crippen molar-refractivity contribution >= 4 is 5.97 Å². The lowest BCUT2D eigenvalue weighted by Gasteiger charge is -2.72. The minimum absolute atomic E-state index is 0.00942. The number of carbonyl (C=O) groups is 1. The Labute approximate surface area is 244 Å². The average Bonchev–Trinajstić information content (AvgIpc) is 3.32. The van der Waals surface area contributed by atoms with Crippen molar-refractivity contribution in [3.8, 4) is 0 Å². The lowest BCUT2D eigenvalue weighted by Crippen LogP contribution is -2.67. The second-order valence-corrected chi connectivity index (χ2v) is 16.7. The first-order chi connectivity index (χ1) is 18.8. The van der Waals surface area contributed by atoms with Crippen molar-refractivity contribution in [3.05, 3.63) is 35.9 Å². The highest BCUT2D eigenvalue weighted by Crippen LogP contribution is 2.77. The van der Waals surface area contributed by atoms with Gasteiger partial charge in [0.2, 0.25) is 0 Å². The average molecular weight is 549 g/mol. The van der Waals surface area contributed by atoms with Crippen LogP contribution in [-0.4, -0.2) is 17.2 Å². The molecule has 6 rings (SSSR count). The van der Waals surface area contributed by atoms with Crippen LogP contribution in [0.1, 0.15) is 118 Å². The number of benzene rings is 1. The summed E-state index contributed by atoms with van der Waals surface area (Å²) in [5, 5.41) is 11.0. The quantitative estimate of drug-likeness (QED) is 0.382. The number of aliphatic hydroxyl groups is 1. The molecule has 1 N–H and O–H groups in total. The van der Waals surface area contributed by atoms with Crippen LogP contribution in [0.25, 0.3) is 0 Å². The molecule has 10 atom stereocenters. The van der Waals surface area contributed by atoms with Gasteiger partial charge in [-0.1, -0.05) is 78.8 Å². The van der Waals surface area contributed by atoms with Crippen molar-refractivity contribution in [2.45, 2.75) is 125 Å². The molecule has 1 aromatic carbocycles. The van der Waals surface area contributed by atoms with E-state index in [0.717, 1.165) is 37.7 Å². The van der Waals surface area contributed by atoms with Gasteiger partial charge in [0, 0.05) is 0 Å². The summed E-state index contributed by atoms with van der Waals surface area (Å²) in [7, 11) is 0. The second kappa shape index (κ2) is 9.58. The minimum atomic E-state index is -0.310. The van der Waals surface area contributed by atoms with Gasteiger partial charge in [-0.05, 0) is 127 Å². The molecular formula is C37H56O3. The molecule has 5 saturated carbocycles. The largest absolute Gasteiger partial charge is 0.460 e. The molecule has 0 radical (unpaired) electrons. The van der Waals surface area contributed by atoms with E-state index in [2.05, 4.69) is 60.6 Å². The highest BCUT2D eigenvalue weighted by Gasteiger charge is 2.72. The van der Waals surface area contributed by atoms with Gasteiger partial charge in [-0.25, -0.2) is 0 Å². The van der Waals surface area contributed by atoms with Gasteiger partial charge in [-0.2, -0.15) is 0 Å². The Morgan fingerprint density at radius 2 is 1.57 bits per heavy atom. The minimum Gasteiger partial charge on any atom is -0.460 e. The maximum Gasteiger partial charge on any atom is 0.312 e. The van der Waals surface area contributed by atoms with E-state index in [1.54, 1.807) is 0 Å². The summed E-state index contributed by atoms with van der Waals surface area (Å²) in [6.45, 7) is 17.8. The normalized spacial score (nSPS) is 47.5. The Morgan fingerprint density at radius 3 is 2.27 bits per heavy atom. The molecule has 3 nitrogen and oxygen atoms in total. The summed E-state index contributed by atoms with van der Waals surface area (Å²) >= 11 is 0. The topological polar surface area (TPSA) is 46.5 Å². The fourth-order valence-corrected chi connectivity index (χ4v) is 12.6. The highest BCUT2D eigenvalue weighted by atomic mass is 16.5. The summed E-state index contributed by atoms with van der Waals surface area (Å²) < 4.78 is 6.20. The van der Waals surface area contributed by atoms with Crippen molar-refractivity contribution in [1.29, 1.82) is 0 Å². The van der Waals surface area contributed by atoms with E-state index in [-0.39, 0.29) is 33.7 Å². The van der Waals surface area contributed by atoms with Crippen molar-refractivity contribution in [3.63, 3.8) is 0 Å². The number of rotatable bonds is 4. The van der Waals surface area contributed by atoms with Crippen molar-refractivity contribution < 1.29 is 14.6 Å². The number of carbonyl (C=O) groups excluding carboxylic acids is 1. The van der Waals surface area contributed by atoms with Crippen LogP contribution in [-0.2, 0) is 16.1 Å². The molecular weight excluding hydrogens is 492 g/mol. The number of aliphatic hydroxyl groups excluding tert-OH is 1. The molecule has 0 spiro atoms. The van der Waals surface area contributed by atoms with E-state index < -0.39 is 0 Å². The Balaban J connectivity index is 1.33. The van der Waals surface area contributed by atoms with E-state index in [9.17, 15) is 9.90 Å². The standard InChI is InChI=1S/C37H56O3/c1-24(2)26-15-20-37(32(39)40-23-25-11-9-8-10-12-25)22-21-35(6)27(31(26)37)13-14-29-34(5)18-17-30(38)33(3,4)28(34)16-19-36(29,35)7/h8-12,24,26-31,38H,13-23H2,1-7H3/t26-,27+,28-,29+,30-,31?,34-,35+,36+,37-/m0/s1. The Bertz CT molecular complexity index is 1110. The first-order valence-electron chi connectivity index (χ1n) is 16.7. The first kappa shape index (κ1) is 28.8. The molecule has 0 aliphatic heterocycles. The van der Waals surface area contributed by atoms with E-state index in [1.807, 2.05) is 18.2 Å². The molecule has 0 aromatic heterocycles. The second-order valence-electron chi connectivity index (χ2n) is 16.7. The molecule has 0 saturated heterocycles. The molecule has 1 unspecified atom stereocenters. The van der Waals surface area contributed by atoms with Crippen LogP contribution in [0, 0.1) is 62.6 Å². The predicted molar refractivity (Wildman–Crippen MR) is 161 cm³/mol. The summed E-state index contributed by atoms with van der Waals surface area (Å²) in [5.41, 5.74) is 1.58. The summed E-state index contributed by atoms with van der Waals surface area (Å²) in [4.78, 5) is 14.2. The number of hydrogen-bond donors (Lipinski definition) is 1. The SMILES string of the molecule is CC(C)[C@@H]1CC[C@]2(C(=O)OCc3ccccc3)CC[C@]3(C)[C@H](CC[C@@H]4[C@@]5(C)CC[C@H](O)C(C)(C)[C@@H]5CC[C@]43C)C12. The van der Waals surface area contributed by atoms with Gasteiger partial charge >= 0.3 is 5.97 Å². The van der Waals surface area contributed by atoms with Gasteiger partial charge in [-0.15, -0.1) is 0 Å². The molecule has 5 fully saturated rings. The molecule has 5 aliphatic carbocycles. The van der Waals surface area contributed by atoms with E-state index in [4.69, 9.17) is 4.74 Å². The van der Waals surface area contributed by atoms with Crippen molar-refractivity contribution in [2.75, 3.05) is 0 Å². The lowest BCUT2D eigenvalue weighted by atomic mass is 9.32. The Morgan fingerprint density at radius 1 is 0.850 bits per heavy atom. The third-order valence-corrected chi connectivity index (χ3v) is 14.9. The fraction of sp³-hybridized carbons (Fsp3) is 0.811. The van der Waals surface area contributed by atoms with Crippen molar-refractivity contribution in [2.24, 2.45) is 62.6 Å². The monoisotopic (exact) mass is 548 g/mol. The maximum absolute atomic E-state index is 14.2. The van der Waals surface area contributed by atoms with Crippen LogP contribution >= 0.6 is 0 Å². The molecule has 0 heterocycles. The molecule has 0 amide bonds. The van der Waals surface area contributed by atoms with Gasteiger partial charge < -0.3 is 9.84 Å². The van der Waals surface area contributed by atoms with Crippen LogP contribution < -0.4 is 0 Å². The van der Waals surface area contributed by atoms with Crippen LogP contribution in [0.4, 0.5) is 0 Å². The van der Waals surface area contributed by atoms with Crippen molar-refractivity contribution in [1.82, 2.24) is 0 Å². The molecule has 3 heteroatoms. The number of ether oxygens (including phenoxy) is 1. The Hall–Kier alpha value is -1.35. The smallest absolute Gasteiger partial charge is 0.312 e. The summed E-state index contributed by atoms with van der Waals surface area (Å²) in [5.74, 6) is 3.60. The zero-order valence-corrected chi connectivity index (χ0v) is 26.5. The Kier molecular flexibility index (Phi) is 6.89. The van der Waals surface area contributed by atoms with Gasteiger partial charge in [0.05, 0.1) is 11.5 Å². The van der Waals surface area contributed by atoms with E-state index in [1.165, 1.54) is 32.1 Å². The van der Waals surface area contributed by atoms with Gasteiger partial charge in [0.15, 0.2) is 0 Å². The fourth-order valence-electron chi connectivity index (χ4n) is 12.6. The van der Waals surface area contributed by atoms with Crippen LogP contribution in [0.15, 0.2) is 30.3 Å². The molecule has 1 aromatic rings. The predicted octanol–water partition coefficient (Wildman–Crippen LogP) is 8.83. The third kappa shape index (κ3) is 3.80. The lowest BCUT2D eigenvalue weighted by molar-refractivity contribution is -0.250. The van der Waals surface area contributed by atoms with Gasteiger partial charge in [0.1, 0.15) is 6.61 Å². The molecule has 0 bridgehead atoms. The molecule has 222 valence electrons. The van der Waals surface area contributed by atoms with E-state index in [0.29, 0.717) is 47.5 Å². The van der Waals surface area contributed by atoms with E-state index >= 15 is 0 Å². The molecule has 40 heavy (non-hydrogen) atoms. The van der Waals surface area contributed by atoms with Crippen LogP contribution in [0.5, 0.6) is 0 Å². The zero-order valence-electron chi connectivity index (χ0n) is 26.5. The summed E-state index contributed by atoms with van der Waals surface area (Å²) in [6.07, 6.45) is 11.3.